The van der Waals surface area contributed by atoms with Crippen LogP contribution in [0.1, 0.15) is 34.2 Å². The Morgan fingerprint density at radius 2 is 1.36 bits per heavy atom. The van der Waals surface area contributed by atoms with Crippen LogP contribution in [0.2, 0.25) is 0 Å². The van der Waals surface area contributed by atoms with Crippen molar-refractivity contribution in [1.82, 2.24) is 0 Å². The molecule has 2 aromatic rings. The molecule has 2 rings (SSSR count). The van der Waals surface area contributed by atoms with E-state index < -0.39 is 31.0 Å². The van der Waals surface area contributed by atoms with Gasteiger partial charge in [0.15, 0.2) is 5.92 Å². The molecule has 0 amide bonds. The maximum atomic E-state index is 12.7. The van der Waals surface area contributed by atoms with Gasteiger partial charge < -0.3 is 20.1 Å². The van der Waals surface area contributed by atoms with Crippen LogP contribution >= 0.6 is 0 Å². The monoisotopic (exact) mass is 480 g/mol. The van der Waals surface area contributed by atoms with Gasteiger partial charge in [0.1, 0.15) is 18.5 Å². The minimum absolute atomic E-state index is 0.0908. The number of aliphatic hydroxyl groups is 3. The predicted octanol–water partition coefficient (Wildman–Crippen LogP) is 4.64. The first-order chi connectivity index (χ1) is 15.4. The predicted molar refractivity (Wildman–Crippen MR) is 109 cm³/mol. The lowest BCUT2D eigenvalue weighted by Gasteiger charge is -2.27. The molecule has 0 bridgehead atoms. The van der Waals surface area contributed by atoms with Crippen molar-refractivity contribution in [2.24, 2.45) is 5.92 Å². The maximum Gasteiger partial charge on any atom is 0.403 e. The first-order valence-electron chi connectivity index (χ1n) is 10.2. The van der Waals surface area contributed by atoms with E-state index in [0.29, 0.717) is 29.5 Å². The number of hydrogen-bond acceptors (Lipinski definition) is 4. The highest BCUT2D eigenvalue weighted by Gasteiger charge is 2.60. The van der Waals surface area contributed by atoms with E-state index in [-0.39, 0.29) is 19.0 Å². The Labute approximate surface area is 187 Å². The van der Waals surface area contributed by atoms with Crippen LogP contribution in [-0.4, -0.2) is 40.4 Å². The van der Waals surface area contributed by atoms with Gasteiger partial charge in [-0.25, -0.2) is 0 Å². The Bertz CT molecular complexity index is 897. The zero-order chi connectivity index (χ0) is 24.8. The standard InChI is InChI=1S/C23H26F6O4/c1-14-9-15(3-2-4-16-5-7-17(11-30)18(10-16)12-31)6-8-20(14)33-13-19(32)21(22(24,25)26)23(27,28)29/h5-10,19,21,30-32H,2-4,11-13H2,1H3. The fourth-order valence-corrected chi connectivity index (χ4v) is 3.56. The second kappa shape index (κ2) is 11.2. The van der Waals surface area contributed by atoms with Gasteiger partial charge in [-0.3, -0.25) is 0 Å². The SMILES string of the molecule is Cc1cc(CCCc2ccc(CO)c(CO)c2)ccc1OCC(O)C(C(F)(F)F)C(F)(F)F. The smallest absolute Gasteiger partial charge is 0.403 e. The molecule has 184 valence electrons. The van der Waals surface area contributed by atoms with Crippen LogP contribution in [0.3, 0.4) is 0 Å². The summed E-state index contributed by atoms with van der Waals surface area (Å²) >= 11 is 0. The zero-order valence-electron chi connectivity index (χ0n) is 17.9. The van der Waals surface area contributed by atoms with Crippen LogP contribution in [-0.2, 0) is 26.1 Å². The average molecular weight is 480 g/mol. The number of ether oxygens (including phenoxy) is 1. The molecule has 0 radical (unpaired) electrons. The van der Waals surface area contributed by atoms with Crippen LogP contribution in [0, 0.1) is 12.8 Å². The summed E-state index contributed by atoms with van der Waals surface area (Å²) in [5, 5.41) is 28.1. The highest BCUT2D eigenvalue weighted by atomic mass is 19.4. The molecule has 0 saturated carbocycles. The third-order valence-corrected chi connectivity index (χ3v) is 5.28. The summed E-state index contributed by atoms with van der Waals surface area (Å²) in [6.45, 7) is 0.123. The van der Waals surface area contributed by atoms with Crippen LogP contribution in [0.4, 0.5) is 26.3 Å². The van der Waals surface area contributed by atoms with Crippen LogP contribution < -0.4 is 4.74 Å². The summed E-state index contributed by atoms with van der Waals surface area (Å²) in [7, 11) is 0. The molecular weight excluding hydrogens is 454 g/mol. The summed E-state index contributed by atoms with van der Waals surface area (Å²) in [5.41, 5.74) is 3.73. The molecule has 0 heterocycles. The molecular formula is C23H26F6O4. The summed E-state index contributed by atoms with van der Waals surface area (Å²) in [6, 6.07) is 10.3. The molecule has 1 unspecified atom stereocenters. The first-order valence-corrected chi connectivity index (χ1v) is 10.2. The normalized spacial score (nSPS) is 13.4. The molecule has 0 aromatic heterocycles. The van der Waals surface area contributed by atoms with Gasteiger partial charge in [-0.15, -0.1) is 0 Å². The molecule has 33 heavy (non-hydrogen) atoms. The van der Waals surface area contributed by atoms with Gasteiger partial charge in [-0.1, -0.05) is 30.3 Å². The quantitative estimate of drug-likeness (QED) is 0.434. The van der Waals surface area contributed by atoms with Gasteiger partial charge in [-0.2, -0.15) is 26.3 Å². The first kappa shape index (κ1) is 26.9. The Morgan fingerprint density at radius 3 is 1.88 bits per heavy atom. The van der Waals surface area contributed by atoms with Gasteiger partial charge in [0.05, 0.1) is 13.2 Å². The third-order valence-electron chi connectivity index (χ3n) is 5.28. The van der Waals surface area contributed by atoms with Gasteiger partial charge in [0.25, 0.3) is 0 Å². The van der Waals surface area contributed by atoms with E-state index in [9.17, 15) is 41.7 Å². The van der Waals surface area contributed by atoms with Crippen molar-refractivity contribution in [2.75, 3.05) is 6.61 Å². The molecule has 0 aliphatic carbocycles. The topological polar surface area (TPSA) is 69.9 Å². The molecule has 0 saturated heterocycles. The summed E-state index contributed by atoms with van der Waals surface area (Å²) in [6.07, 6.45) is -12.0. The minimum atomic E-state index is -5.64. The second-order valence-corrected chi connectivity index (χ2v) is 7.81. The molecule has 0 spiro atoms. The van der Waals surface area contributed by atoms with E-state index in [4.69, 9.17) is 4.74 Å². The Kier molecular flexibility index (Phi) is 9.16. The van der Waals surface area contributed by atoms with Crippen molar-refractivity contribution in [3.05, 3.63) is 64.2 Å². The molecule has 0 fully saturated rings. The van der Waals surface area contributed by atoms with Crippen molar-refractivity contribution in [3.8, 4) is 5.75 Å². The lowest BCUT2D eigenvalue weighted by molar-refractivity contribution is -0.308. The van der Waals surface area contributed by atoms with Crippen molar-refractivity contribution < 1.29 is 46.4 Å². The molecule has 2 aromatic carbocycles. The second-order valence-electron chi connectivity index (χ2n) is 7.81. The molecule has 1 atom stereocenters. The van der Waals surface area contributed by atoms with Crippen molar-refractivity contribution in [3.63, 3.8) is 0 Å². The molecule has 10 heteroatoms. The maximum absolute atomic E-state index is 12.7. The average Bonchev–Trinajstić information content (AvgIpc) is 2.70. The minimum Gasteiger partial charge on any atom is -0.491 e. The Balaban J connectivity index is 1.94. The van der Waals surface area contributed by atoms with E-state index in [1.807, 2.05) is 12.1 Å². The van der Waals surface area contributed by atoms with Crippen molar-refractivity contribution >= 4 is 0 Å². The number of halogens is 6. The summed E-state index contributed by atoms with van der Waals surface area (Å²) < 4.78 is 81.2. The Morgan fingerprint density at radius 1 is 0.818 bits per heavy atom. The highest BCUT2D eigenvalue weighted by molar-refractivity contribution is 5.36. The number of hydrogen-bond donors (Lipinski definition) is 3. The van der Waals surface area contributed by atoms with E-state index in [2.05, 4.69) is 0 Å². The largest absolute Gasteiger partial charge is 0.491 e. The van der Waals surface area contributed by atoms with Crippen LogP contribution in [0.15, 0.2) is 36.4 Å². The highest BCUT2D eigenvalue weighted by Crippen LogP contribution is 2.41. The number of benzene rings is 2. The van der Waals surface area contributed by atoms with Crippen molar-refractivity contribution in [1.29, 1.82) is 0 Å². The van der Waals surface area contributed by atoms with Gasteiger partial charge >= 0.3 is 12.4 Å². The van der Waals surface area contributed by atoms with Gasteiger partial charge in [0, 0.05) is 0 Å². The summed E-state index contributed by atoms with van der Waals surface area (Å²) in [4.78, 5) is 0. The van der Waals surface area contributed by atoms with Crippen LogP contribution in [0.25, 0.3) is 0 Å². The fraction of sp³-hybridized carbons (Fsp3) is 0.478. The molecule has 4 nitrogen and oxygen atoms in total. The van der Waals surface area contributed by atoms with Gasteiger partial charge in [0.2, 0.25) is 0 Å². The van der Waals surface area contributed by atoms with E-state index in [1.54, 1.807) is 25.1 Å². The van der Waals surface area contributed by atoms with E-state index >= 15 is 0 Å². The molecule has 3 N–H and O–H groups in total. The zero-order valence-corrected chi connectivity index (χ0v) is 17.9. The number of rotatable bonds is 10. The van der Waals surface area contributed by atoms with Crippen LogP contribution in [0.5, 0.6) is 5.75 Å². The lowest BCUT2D eigenvalue weighted by atomic mass is 9.99. The number of alkyl halides is 6. The molecule has 0 aliphatic heterocycles. The number of aryl methyl sites for hydroxylation is 3. The van der Waals surface area contributed by atoms with E-state index in [1.165, 1.54) is 6.07 Å². The molecule has 0 aliphatic rings. The summed E-state index contributed by atoms with van der Waals surface area (Å²) in [5.74, 6) is -3.80. The van der Waals surface area contributed by atoms with Gasteiger partial charge in [-0.05, 0) is 60.1 Å². The fourth-order valence-electron chi connectivity index (χ4n) is 3.56. The third kappa shape index (κ3) is 7.62. The lowest BCUT2D eigenvalue weighted by Crippen LogP contribution is -2.47. The number of aliphatic hydroxyl groups excluding tert-OH is 3. The van der Waals surface area contributed by atoms with Crippen molar-refractivity contribution in [2.45, 2.75) is 57.9 Å². The Hall–Kier alpha value is -2.30. The van der Waals surface area contributed by atoms with E-state index in [0.717, 1.165) is 17.5 Å².